The van der Waals surface area contributed by atoms with Crippen molar-refractivity contribution in [1.82, 2.24) is 9.78 Å². The molecule has 0 unspecified atom stereocenters. The van der Waals surface area contributed by atoms with Crippen molar-refractivity contribution in [2.75, 3.05) is 19.8 Å². The number of nitrogens with zero attached hydrogens (tertiary/aromatic N) is 2. The first-order chi connectivity index (χ1) is 8.09. The highest BCUT2D eigenvalue weighted by Gasteiger charge is 2.40. The van der Waals surface area contributed by atoms with Crippen LogP contribution < -0.4 is 5.73 Å². The molecule has 0 aliphatic carbocycles. The number of aryl methyl sites for hydroxylation is 2. The molecule has 5 heteroatoms. The van der Waals surface area contributed by atoms with Gasteiger partial charge in [0, 0.05) is 32.2 Å². The maximum absolute atomic E-state index is 10.6. The van der Waals surface area contributed by atoms with Gasteiger partial charge in [0.15, 0.2) is 0 Å². The molecule has 96 valence electrons. The Hall–Kier alpha value is -0.910. The Kier molecular flexibility index (Phi) is 3.51. The zero-order valence-corrected chi connectivity index (χ0v) is 10.5. The summed E-state index contributed by atoms with van der Waals surface area (Å²) in [7, 11) is 1.86. The summed E-state index contributed by atoms with van der Waals surface area (Å²) in [6, 6.07) is 1.93. The molecular weight excluding hydrogens is 218 g/mol. The molecule has 1 atom stereocenters. The van der Waals surface area contributed by atoms with E-state index >= 15 is 0 Å². The molecule has 0 radical (unpaired) electrons. The van der Waals surface area contributed by atoms with Gasteiger partial charge < -0.3 is 15.6 Å². The number of nitrogens with two attached hydrogens (primary N) is 1. The summed E-state index contributed by atoms with van der Waals surface area (Å²) in [5.74, 6) is 0. The summed E-state index contributed by atoms with van der Waals surface area (Å²) in [6.07, 6.45) is 1.03. The first-order valence-electron chi connectivity index (χ1n) is 6.05. The molecule has 1 aliphatic heterocycles. The maximum Gasteiger partial charge on any atom is 0.103 e. The van der Waals surface area contributed by atoms with Gasteiger partial charge in [-0.05, 0) is 25.8 Å². The summed E-state index contributed by atoms with van der Waals surface area (Å²) in [4.78, 5) is 0. The van der Waals surface area contributed by atoms with Gasteiger partial charge in [0.1, 0.15) is 6.10 Å². The van der Waals surface area contributed by atoms with Gasteiger partial charge in [0.05, 0.1) is 11.4 Å². The SMILES string of the molecule is Cc1cc([C@@H](O)C2(CN)CCOCC2)n(C)n1. The fraction of sp³-hybridized carbons (Fsp3) is 0.750. The van der Waals surface area contributed by atoms with Crippen molar-refractivity contribution >= 4 is 0 Å². The van der Waals surface area contributed by atoms with E-state index in [0.717, 1.165) is 24.2 Å². The van der Waals surface area contributed by atoms with Crippen LogP contribution in [0, 0.1) is 12.3 Å². The number of rotatable bonds is 3. The van der Waals surface area contributed by atoms with Crippen LogP contribution in [0.3, 0.4) is 0 Å². The van der Waals surface area contributed by atoms with E-state index in [1.165, 1.54) is 0 Å². The number of aliphatic hydroxyl groups is 1. The zero-order chi connectivity index (χ0) is 12.5. The molecule has 17 heavy (non-hydrogen) atoms. The molecule has 0 saturated carbocycles. The molecule has 1 saturated heterocycles. The molecule has 1 aromatic rings. The standard InChI is InChI=1S/C12H21N3O2/c1-9-7-10(15(2)14-9)11(16)12(8-13)3-5-17-6-4-12/h7,11,16H,3-6,8,13H2,1-2H3/t11-/m1/s1. The first-order valence-corrected chi connectivity index (χ1v) is 6.05. The molecule has 2 heterocycles. The predicted molar refractivity (Wildman–Crippen MR) is 64.4 cm³/mol. The molecule has 3 N–H and O–H groups in total. The molecule has 1 aliphatic rings. The van der Waals surface area contributed by atoms with Crippen molar-refractivity contribution in [3.63, 3.8) is 0 Å². The van der Waals surface area contributed by atoms with E-state index in [1.54, 1.807) is 4.68 Å². The fourth-order valence-electron chi connectivity index (χ4n) is 2.57. The minimum Gasteiger partial charge on any atom is -0.386 e. The quantitative estimate of drug-likeness (QED) is 0.806. The van der Waals surface area contributed by atoms with E-state index in [9.17, 15) is 5.11 Å². The number of hydrogen-bond donors (Lipinski definition) is 2. The number of ether oxygens (including phenoxy) is 1. The van der Waals surface area contributed by atoms with Gasteiger partial charge in [-0.15, -0.1) is 0 Å². The van der Waals surface area contributed by atoms with E-state index < -0.39 is 6.10 Å². The fourth-order valence-corrected chi connectivity index (χ4v) is 2.57. The summed E-state index contributed by atoms with van der Waals surface area (Å²) in [6.45, 7) is 3.74. The van der Waals surface area contributed by atoms with Gasteiger partial charge in [-0.2, -0.15) is 5.10 Å². The van der Waals surface area contributed by atoms with Crippen LogP contribution in [0.2, 0.25) is 0 Å². The second-order valence-corrected chi connectivity index (χ2v) is 4.92. The average Bonchev–Trinajstić information content (AvgIpc) is 2.68. The summed E-state index contributed by atoms with van der Waals surface area (Å²) in [5, 5.41) is 14.9. The van der Waals surface area contributed by atoms with Gasteiger partial charge >= 0.3 is 0 Å². The van der Waals surface area contributed by atoms with E-state index in [1.807, 2.05) is 20.0 Å². The highest BCUT2D eigenvalue weighted by Crippen LogP contribution is 2.41. The maximum atomic E-state index is 10.6. The third kappa shape index (κ3) is 2.22. The predicted octanol–water partition coefficient (Wildman–Crippen LogP) is 0.517. The van der Waals surface area contributed by atoms with Crippen LogP contribution in [-0.4, -0.2) is 34.6 Å². The van der Waals surface area contributed by atoms with Gasteiger partial charge in [-0.3, -0.25) is 4.68 Å². The van der Waals surface area contributed by atoms with Crippen molar-refractivity contribution in [1.29, 1.82) is 0 Å². The summed E-state index contributed by atoms with van der Waals surface area (Å²) in [5.41, 5.74) is 7.38. The Morgan fingerprint density at radius 3 is 2.71 bits per heavy atom. The van der Waals surface area contributed by atoms with Crippen LogP contribution in [0.25, 0.3) is 0 Å². The van der Waals surface area contributed by atoms with Crippen molar-refractivity contribution in [2.24, 2.45) is 18.2 Å². The second-order valence-electron chi connectivity index (χ2n) is 4.92. The van der Waals surface area contributed by atoms with E-state index in [4.69, 9.17) is 10.5 Å². The normalized spacial score (nSPS) is 21.4. The number of aliphatic hydroxyl groups excluding tert-OH is 1. The summed E-state index contributed by atoms with van der Waals surface area (Å²) < 4.78 is 7.10. The molecule has 2 rings (SSSR count). The van der Waals surface area contributed by atoms with E-state index in [2.05, 4.69) is 5.10 Å². The molecule has 0 spiro atoms. The number of hydrogen-bond acceptors (Lipinski definition) is 4. The Balaban J connectivity index is 2.27. The van der Waals surface area contributed by atoms with Crippen LogP contribution in [-0.2, 0) is 11.8 Å². The molecule has 1 aromatic heterocycles. The van der Waals surface area contributed by atoms with E-state index in [-0.39, 0.29) is 5.41 Å². The summed E-state index contributed by atoms with van der Waals surface area (Å²) >= 11 is 0. The van der Waals surface area contributed by atoms with Gasteiger partial charge in [0.25, 0.3) is 0 Å². The van der Waals surface area contributed by atoms with Crippen molar-refractivity contribution in [2.45, 2.75) is 25.9 Å². The van der Waals surface area contributed by atoms with Crippen LogP contribution >= 0.6 is 0 Å². The van der Waals surface area contributed by atoms with Crippen molar-refractivity contribution in [3.05, 3.63) is 17.5 Å². The lowest BCUT2D eigenvalue weighted by atomic mass is 9.74. The molecular formula is C12H21N3O2. The highest BCUT2D eigenvalue weighted by atomic mass is 16.5. The van der Waals surface area contributed by atoms with Crippen molar-refractivity contribution < 1.29 is 9.84 Å². The Bertz CT molecular complexity index is 383. The van der Waals surface area contributed by atoms with Crippen LogP contribution in [0.4, 0.5) is 0 Å². The lowest BCUT2D eigenvalue weighted by Gasteiger charge is -2.39. The molecule has 1 fully saturated rings. The van der Waals surface area contributed by atoms with E-state index in [0.29, 0.717) is 19.8 Å². The molecule has 0 amide bonds. The Morgan fingerprint density at radius 1 is 1.59 bits per heavy atom. The first kappa shape index (κ1) is 12.5. The molecule has 5 nitrogen and oxygen atoms in total. The lowest BCUT2D eigenvalue weighted by Crippen LogP contribution is -2.42. The lowest BCUT2D eigenvalue weighted by molar-refractivity contribution is -0.0610. The third-order valence-electron chi connectivity index (χ3n) is 3.79. The largest absolute Gasteiger partial charge is 0.386 e. The van der Waals surface area contributed by atoms with Gasteiger partial charge in [0.2, 0.25) is 0 Å². The molecule has 0 bridgehead atoms. The topological polar surface area (TPSA) is 73.3 Å². The van der Waals surface area contributed by atoms with Gasteiger partial charge in [-0.25, -0.2) is 0 Å². The Morgan fingerprint density at radius 2 is 2.24 bits per heavy atom. The smallest absolute Gasteiger partial charge is 0.103 e. The molecule has 0 aromatic carbocycles. The van der Waals surface area contributed by atoms with Gasteiger partial charge in [-0.1, -0.05) is 0 Å². The monoisotopic (exact) mass is 239 g/mol. The van der Waals surface area contributed by atoms with Crippen LogP contribution in [0.15, 0.2) is 6.07 Å². The second kappa shape index (κ2) is 4.76. The zero-order valence-electron chi connectivity index (χ0n) is 10.5. The minimum absolute atomic E-state index is 0.265. The van der Waals surface area contributed by atoms with Crippen LogP contribution in [0.5, 0.6) is 0 Å². The number of aromatic nitrogens is 2. The average molecular weight is 239 g/mol. The minimum atomic E-state index is -0.567. The van der Waals surface area contributed by atoms with Crippen LogP contribution in [0.1, 0.15) is 30.3 Å². The highest BCUT2D eigenvalue weighted by molar-refractivity contribution is 5.15. The third-order valence-corrected chi connectivity index (χ3v) is 3.79. The van der Waals surface area contributed by atoms with Crippen molar-refractivity contribution in [3.8, 4) is 0 Å². The Labute approximate surface area is 102 Å².